The highest BCUT2D eigenvalue weighted by Crippen LogP contribution is 2.34. The molecule has 0 spiro atoms. The van der Waals surface area contributed by atoms with Crippen LogP contribution in [0.2, 0.25) is 0 Å². The van der Waals surface area contributed by atoms with Crippen LogP contribution in [0.25, 0.3) is 0 Å². The van der Waals surface area contributed by atoms with Crippen LogP contribution in [-0.4, -0.2) is 38.2 Å². The summed E-state index contributed by atoms with van der Waals surface area (Å²) in [6, 6.07) is 6.11. The lowest BCUT2D eigenvalue weighted by atomic mass is 9.81. The predicted octanol–water partition coefficient (Wildman–Crippen LogP) is 2.39. The number of aromatic nitrogens is 4. The van der Waals surface area contributed by atoms with Gasteiger partial charge in [-0.1, -0.05) is 32.9 Å². The summed E-state index contributed by atoms with van der Waals surface area (Å²) in [7, 11) is 0. The van der Waals surface area contributed by atoms with E-state index in [1.165, 1.54) is 12.1 Å². The van der Waals surface area contributed by atoms with Crippen LogP contribution in [0.1, 0.15) is 58.5 Å². The fraction of sp³-hybridized carbons (Fsp3) is 0.611. The zero-order valence-electron chi connectivity index (χ0n) is 16.6. The third-order valence-electron chi connectivity index (χ3n) is 4.22. The van der Waals surface area contributed by atoms with Gasteiger partial charge in [0.15, 0.2) is 5.82 Å². The van der Waals surface area contributed by atoms with Gasteiger partial charge in [-0.15, -0.1) is 5.10 Å². The molecule has 9 nitrogen and oxygen atoms in total. The van der Waals surface area contributed by atoms with Crippen molar-refractivity contribution in [2.24, 2.45) is 11.1 Å². The van der Waals surface area contributed by atoms with Crippen molar-refractivity contribution in [2.75, 3.05) is 13.1 Å². The Labute approximate surface area is 159 Å². The highest BCUT2D eigenvalue weighted by Gasteiger charge is 2.33. The van der Waals surface area contributed by atoms with Crippen LogP contribution in [0.3, 0.4) is 0 Å². The van der Waals surface area contributed by atoms with Gasteiger partial charge in [-0.2, -0.15) is 0 Å². The zero-order chi connectivity index (χ0) is 20.2. The monoisotopic (exact) mass is 375 g/mol. The molecule has 0 aliphatic rings. The standard InChI is InChI=1S/C18H29N7O2/c1-17(2,3)12-18(4,5)24-16(21-22-23-24)15(20-11-10-19)13-6-8-14(9-7-13)25(26)27/h6-9,15,20H,10-12,19H2,1-5H3. The largest absolute Gasteiger partial charge is 0.329 e. The van der Waals surface area contributed by atoms with Crippen molar-refractivity contribution < 1.29 is 4.92 Å². The van der Waals surface area contributed by atoms with Gasteiger partial charge in [0.25, 0.3) is 5.69 Å². The molecule has 0 amide bonds. The first-order valence-electron chi connectivity index (χ1n) is 9.02. The van der Waals surface area contributed by atoms with E-state index in [0.29, 0.717) is 18.9 Å². The van der Waals surface area contributed by atoms with E-state index in [1.54, 1.807) is 12.1 Å². The lowest BCUT2D eigenvalue weighted by molar-refractivity contribution is -0.384. The molecule has 0 fully saturated rings. The van der Waals surface area contributed by atoms with Gasteiger partial charge >= 0.3 is 0 Å². The molecule has 0 saturated carbocycles. The summed E-state index contributed by atoms with van der Waals surface area (Å²) in [5.74, 6) is 0.659. The molecule has 27 heavy (non-hydrogen) atoms. The quantitative estimate of drug-likeness (QED) is 0.536. The lowest BCUT2D eigenvalue weighted by Gasteiger charge is -2.34. The first-order chi connectivity index (χ1) is 12.5. The molecule has 1 unspecified atom stereocenters. The number of hydrogen-bond acceptors (Lipinski definition) is 7. The molecule has 0 aliphatic heterocycles. The number of nitro benzene ring substituents is 1. The summed E-state index contributed by atoms with van der Waals surface area (Å²) in [6.07, 6.45) is 0.877. The molecule has 3 N–H and O–H groups in total. The van der Waals surface area contributed by atoms with Crippen molar-refractivity contribution in [1.82, 2.24) is 25.5 Å². The second kappa shape index (κ2) is 8.10. The fourth-order valence-electron chi connectivity index (χ4n) is 3.55. The van der Waals surface area contributed by atoms with Crippen LogP contribution in [-0.2, 0) is 5.54 Å². The summed E-state index contributed by atoms with van der Waals surface area (Å²) in [6.45, 7) is 11.8. The third kappa shape index (κ3) is 5.30. The Balaban J connectivity index is 2.43. The van der Waals surface area contributed by atoms with E-state index in [2.05, 4.69) is 55.5 Å². The van der Waals surface area contributed by atoms with Crippen molar-refractivity contribution >= 4 is 5.69 Å². The number of nitrogens with zero attached hydrogens (tertiary/aromatic N) is 5. The number of tetrazole rings is 1. The van der Waals surface area contributed by atoms with Gasteiger partial charge in [-0.3, -0.25) is 10.1 Å². The molecular formula is C18H29N7O2. The van der Waals surface area contributed by atoms with E-state index in [1.807, 2.05) is 4.68 Å². The molecular weight excluding hydrogens is 346 g/mol. The molecule has 148 valence electrons. The first kappa shape index (κ1) is 20.9. The van der Waals surface area contributed by atoms with Crippen LogP contribution >= 0.6 is 0 Å². The minimum Gasteiger partial charge on any atom is -0.329 e. The van der Waals surface area contributed by atoms with E-state index in [0.717, 1.165) is 12.0 Å². The van der Waals surface area contributed by atoms with Gasteiger partial charge < -0.3 is 11.1 Å². The van der Waals surface area contributed by atoms with E-state index < -0.39 is 4.92 Å². The van der Waals surface area contributed by atoms with E-state index in [9.17, 15) is 10.1 Å². The maximum Gasteiger partial charge on any atom is 0.269 e. The molecule has 2 rings (SSSR count). The van der Waals surface area contributed by atoms with Crippen LogP contribution in [0.4, 0.5) is 5.69 Å². The van der Waals surface area contributed by atoms with E-state index in [4.69, 9.17) is 5.73 Å². The highest BCUT2D eigenvalue weighted by atomic mass is 16.6. The Hall–Kier alpha value is -2.39. The molecule has 1 aromatic heterocycles. The number of non-ortho nitro benzene ring substituents is 1. The lowest BCUT2D eigenvalue weighted by Crippen LogP contribution is -2.37. The molecule has 0 aliphatic carbocycles. The topological polar surface area (TPSA) is 125 Å². The molecule has 0 radical (unpaired) electrons. The summed E-state index contributed by atoms with van der Waals surface area (Å²) in [4.78, 5) is 10.5. The van der Waals surface area contributed by atoms with Gasteiger partial charge in [-0.25, -0.2) is 4.68 Å². The summed E-state index contributed by atoms with van der Waals surface area (Å²) in [5.41, 5.74) is 6.35. The second-order valence-electron chi connectivity index (χ2n) is 8.52. The number of nitrogens with one attached hydrogen (secondary N) is 1. The van der Waals surface area contributed by atoms with Crippen molar-refractivity contribution in [3.8, 4) is 0 Å². The summed E-state index contributed by atoms with van der Waals surface area (Å²) in [5, 5.41) is 26.7. The Morgan fingerprint density at radius 3 is 2.37 bits per heavy atom. The zero-order valence-corrected chi connectivity index (χ0v) is 16.6. The number of nitro groups is 1. The van der Waals surface area contributed by atoms with Crippen molar-refractivity contribution in [1.29, 1.82) is 0 Å². The average Bonchev–Trinajstić information content (AvgIpc) is 3.04. The van der Waals surface area contributed by atoms with Crippen LogP contribution in [0.5, 0.6) is 0 Å². The Kier molecular flexibility index (Phi) is 6.27. The normalized spacial score (nSPS) is 13.6. The fourth-order valence-corrected chi connectivity index (χ4v) is 3.55. The molecule has 0 bridgehead atoms. The second-order valence-corrected chi connectivity index (χ2v) is 8.52. The summed E-state index contributed by atoms with van der Waals surface area (Å²) < 4.78 is 1.84. The van der Waals surface area contributed by atoms with Gasteiger partial charge in [0.05, 0.1) is 16.5 Å². The Morgan fingerprint density at radius 1 is 1.22 bits per heavy atom. The summed E-state index contributed by atoms with van der Waals surface area (Å²) >= 11 is 0. The van der Waals surface area contributed by atoms with E-state index in [-0.39, 0.29) is 22.7 Å². The van der Waals surface area contributed by atoms with Gasteiger partial charge in [0.1, 0.15) is 0 Å². The van der Waals surface area contributed by atoms with Gasteiger partial charge in [0, 0.05) is 25.2 Å². The van der Waals surface area contributed by atoms with Crippen molar-refractivity contribution in [2.45, 2.75) is 52.6 Å². The van der Waals surface area contributed by atoms with Crippen LogP contribution in [0, 0.1) is 15.5 Å². The van der Waals surface area contributed by atoms with Crippen molar-refractivity contribution in [3.05, 3.63) is 45.8 Å². The first-order valence-corrected chi connectivity index (χ1v) is 9.02. The number of hydrogen-bond donors (Lipinski definition) is 2. The molecule has 1 aromatic carbocycles. The number of rotatable bonds is 8. The maximum absolute atomic E-state index is 10.9. The van der Waals surface area contributed by atoms with Crippen LogP contribution < -0.4 is 11.1 Å². The minimum absolute atomic E-state index is 0.0454. The molecule has 9 heteroatoms. The van der Waals surface area contributed by atoms with Gasteiger partial charge in [0.2, 0.25) is 0 Å². The average molecular weight is 375 g/mol. The Morgan fingerprint density at radius 2 is 1.85 bits per heavy atom. The predicted molar refractivity (Wildman–Crippen MR) is 103 cm³/mol. The molecule has 0 saturated heterocycles. The molecule has 2 aromatic rings. The smallest absolute Gasteiger partial charge is 0.269 e. The van der Waals surface area contributed by atoms with Crippen molar-refractivity contribution in [3.63, 3.8) is 0 Å². The highest BCUT2D eigenvalue weighted by molar-refractivity contribution is 5.36. The van der Waals surface area contributed by atoms with E-state index >= 15 is 0 Å². The SMILES string of the molecule is CC(C)(C)CC(C)(C)n1nnnc1C(NCCN)c1ccc([N+](=O)[O-])cc1. The maximum atomic E-state index is 10.9. The Bertz CT molecular complexity index is 763. The van der Waals surface area contributed by atoms with Gasteiger partial charge in [-0.05, 0) is 41.7 Å². The van der Waals surface area contributed by atoms with Crippen LogP contribution in [0.15, 0.2) is 24.3 Å². The number of nitrogens with two attached hydrogens (primary N) is 1. The third-order valence-corrected chi connectivity index (χ3v) is 4.22. The number of benzene rings is 1. The minimum atomic E-state index is -0.414. The molecule has 1 heterocycles. The molecule has 1 atom stereocenters.